The summed E-state index contributed by atoms with van der Waals surface area (Å²) in [7, 11) is 0. The highest BCUT2D eigenvalue weighted by Crippen LogP contribution is 2.69. The van der Waals surface area contributed by atoms with Crippen molar-refractivity contribution in [2.45, 2.75) is 261 Å². The summed E-state index contributed by atoms with van der Waals surface area (Å²) in [5, 5.41) is 0. The van der Waals surface area contributed by atoms with Crippen molar-refractivity contribution in [1.82, 2.24) is 0 Å². The molecule has 8 aliphatic carbocycles. The lowest BCUT2D eigenvalue weighted by Crippen LogP contribution is -2.51. The zero-order valence-corrected chi connectivity index (χ0v) is 53.5. The maximum atomic E-state index is 13.4. The molecule has 6 saturated carbocycles. The van der Waals surface area contributed by atoms with E-state index in [-0.39, 0.29) is 35.0 Å². The first-order valence-corrected chi connectivity index (χ1v) is 34.7. The quantitative estimate of drug-likeness (QED) is 0.0560. The lowest BCUT2D eigenvalue weighted by Gasteiger charge is -2.58. The molecule has 0 aliphatic heterocycles. The molecule has 6 fully saturated rings. The Kier molecular flexibility index (Phi) is 20.0. The average Bonchev–Trinajstić information content (AvgIpc) is 2.28. The minimum atomic E-state index is -0.209. The van der Waals surface area contributed by atoms with Crippen LogP contribution in [0, 0.1) is 92.7 Å². The molecule has 0 amide bonds. The van der Waals surface area contributed by atoms with Crippen molar-refractivity contribution < 1.29 is 28.5 Å². The number of carbonyl (C=O) groups excluding carboxylic acids is 2. The molecule has 2 aromatic carbocycles. The number of fused-ring (bicyclic) bond motifs is 10. The lowest BCUT2D eigenvalue weighted by atomic mass is 9.47. The monoisotopic (exact) mass is 1120 g/mol. The molecule has 0 saturated heterocycles. The van der Waals surface area contributed by atoms with Gasteiger partial charge in [0.05, 0.1) is 24.3 Å². The average molecular weight is 1120 g/mol. The Bertz CT molecular complexity index is 2310. The molecule has 16 atom stereocenters. The van der Waals surface area contributed by atoms with E-state index in [1.807, 2.05) is 48.5 Å². The van der Waals surface area contributed by atoms with E-state index in [1.165, 1.54) is 116 Å². The van der Waals surface area contributed by atoms with Gasteiger partial charge in [-0.15, -0.1) is 0 Å². The summed E-state index contributed by atoms with van der Waals surface area (Å²) >= 11 is 0. The number of hydrogen-bond donors (Lipinski definition) is 0. The van der Waals surface area contributed by atoms with E-state index >= 15 is 0 Å². The summed E-state index contributed by atoms with van der Waals surface area (Å²) in [5.41, 5.74) is 5.88. The van der Waals surface area contributed by atoms with Crippen LogP contribution in [0.5, 0.6) is 11.5 Å². The molecule has 0 radical (unpaired) electrons. The van der Waals surface area contributed by atoms with Gasteiger partial charge in [0.2, 0.25) is 0 Å². The van der Waals surface area contributed by atoms with E-state index in [1.54, 1.807) is 11.1 Å². The third kappa shape index (κ3) is 13.2. The summed E-state index contributed by atoms with van der Waals surface area (Å²) < 4.78 is 24.7. The van der Waals surface area contributed by atoms with Crippen LogP contribution in [0.3, 0.4) is 0 Å². The highest BCUT2D eigenvalue weighted by Gasteiger charge is 2.61. The van der Waals surface area contributed by atoms with Crippen molar-refractivity contribution in [2.24, 2.45) is 92.7 Å². The molecule has 0 N–H and O–H groups in total. The molecule has 0 bridgehead atoms. The third-order valence-electron chi connectivity index (χ3n) is 25.3. The second-order valence-corrected chi connectivity index (χ2v) is 31.0. The summed E-state index contributed by atoms with van der Waals surface area (Å²) in [6, 6.07) is 15.2. The molecule has 454 valence electrons. The molecule has 6 nitrogen and oxygen atoms in total. The van der Waals surface area contributed by atoms with Crippen LogP contribution in [0.4, 0.5) is 0 Å². The Balaban J connectivity index is 0.573. The van der Waals surface area contributed by atoms with Gasteiger partial charge >= 0.3 is 11.9 Å². The second-order valence-electron chi connectivity index (χ2n) is 31.0. The summed E-state index contributed by atoms with van der Waals surface area (Å²) in [6.45, 7) is 26.5. The van der Waals surface area contributed by atoms with Crippen LogP contribution in [-0.4, -0.2) is 37.4 Å². The topological polar surface area (TPSA) is 71.1 Å². The number of rotatable bonds is 25. The highest BCUT2D eigenvalue weighted by atomic mass is 16.5. The normalized spacial score (nSPS) is 35.4. The molecule has 82 heavy (non-hydrogen) atoms. The smallest absolute Gasteiger partial charge is 0.338 e. The van der Waals surface area contributed by atoms with Crippen LogP contribution in [0.25, 0.3) is 0 Å². The van der Waals surface area contributed by atoms with Gasteiger partial charge in [-0.2, -0.15) is 0 Å². The fraction of sp³-hybridized carbons (Fsp3) is 0.763. The van der Waals surface area contributed by atoms with Crippen molar-refractivity contribution in [3.05, 3.63) is 83.0 Å². The van der Waals surface area contributed by atoms with E-state index in [9.17, 15) is 9.59 Å². The summed E-state index contributed by atoms with van der Waals surface area (Å²) in [6.07, 6.45) is 39.7. The number of allylic oxidation sites excluding steroid dienone is 2. The Morgan fingerprint density at radius 3 is 1.23 bits per heavy atom. The Morgan fingerprint density at radius 2 is 0.841 bits per heavy atom. The Labute approximate surface area is 499 Å². The van der Waals surface area contributed by atoms with Crippen LogP contribution in [0.2, 0.25) is 0 Å². The zero-order valence-electron chi connectivity index (χ0n) is 53.5. The SMILES string of the molecule is CC(C)CCC[C@@H](C)[C@H]1CC[C@H]2[C@@H]3CC=C4CC(OC(=O)c5ccc(OCCCCCCCCOc6ccc(C(=O)OC7CC[C@@]8(C)C(=CC[C@H]9[C@@H]%10CC[C@H]([C@H](C)CCCC(C)C)[C@@]%10(C)CC[C@@H]98)C7)cc6)cc5)CC[C@]4(C)[C@H]3CC[C@]12C. The van der Waals surface area contributed by atoms with Gasteiger partial charge in [0.25, 0.3) is 0 Å². The number of carbonyl (C=O) groups is 2. The first-order chi connectivity index (χ1) is 39.4. The highest BCUT2D eigenvalue weighted by molar-refractivity contribution is 5.90. The fourth-order valence-electron chi connectivity index (χ4n) is 20.6. The van der Waals surface area contributed by atoms with Crippen molar-refractivity contribution in [2.75, 3.05) is 13.2 Å². The molecule has 0 aromatic heterocycles. The van der Waals surface area contributed by atoms with Crippen molar-refractivity contribution in [3.63, 3.8) is 0 Å². The van der Waals surface area contributed by atoms with Gasteiger partial charge in [-0.05, 0) is 244 Å². The molecule has 0 spiro atoms. The van der Waals surface area contributed by atoms with E-state index in [2.05, 4.69) is 81.4 Å². The van der Waals surface area contributed by atoms with Crippen LogP contribution in [0.15, 0.2) is 71.8 Å². The molecule has 2 aromatic rings. The van der Waals surface area contributed by atoms with Gasteiger partial charge in [-0.3, -0.25) is 0 Å². The zero-order chi connectivity index (χ0) is 57.8. The van der Waals surface area contributed by atoms with Crippen LogP contribution >= 0.6 is 0 Å². The second kappa shape index (κ2) is 26.6. The molecule has 0 heterocycles. The van der Waals surface area contributed by atoms with Gasteiger partial charge in [0, 0.05) is 12.8 Å². The maximum absolute atomic E-state index is 13.4. The molecular weight excluding hydrogens is 1010 g/mol. The molecule has 2 unspecified atom stereocenters. The Morgan fingerprint density at radius 1 is 0.451 bits per heavy atom. The lowest BCUT2D eigenvalue weighted by molar-refractivity contribution is -0.0594. The standard InChI is InChI=1S/C76H114O6/c1-51(2)19-17-21-53(5)65-35-37-67-63-33-27-57-49-61(39-43-73(57,7)69(63)41-45-75(65,67)9)81-71(77)55-23-29-59(30-24-55)79-47-15-13-11-12-14-16-48-80-60-31-25-56(26-32-60)72(78)82-62-40-44-74(8)58(50-62)28-34-64-68-38-36-66(54(6)22-18-20-52(3)4)76(68,10)46-42-70(64)74/h23-32,51-54,61-70H,11-22,33-50H2,1-10H3/t53-,54-,61?,62?,63+,64+,65-,66-,67+,68+,69+,70+,73+,74+,75-,76-/m1/s1. The Hall–Kier alpha value is -3.54. The van der Waals surface area contributed by atoms with Crippen LogP contribution in [0.1, 0.15) is 270 Å². The molecule has 8 aliphatic rings. The van der Waals surface area contributed by atoms with Crippen molar-refractivity contribution in [1.29, 1.82) is 0 Å². The van der Waals surface area contributed by atoms with Crippen molar-refractivity contribution >= 4 is 11.9 Å². The largest absolute Gasteiger partial charge is 0.494 e. The number of hydrogen-bond acceptors (Lipinski definition) is 6. The number of esters is 2. The first-order valence-electron chi connectivity index (χ1n) is 34.7. The molecule has 10 rings (SSSR count). The maximum Gasteiger partial charge on any atom is 0.338 e. The van der Waals surface area contributed by atoms with E-state index in [0.717, 1.165) is 147 Å². The number of unbranched alkanes of at least 4 members (excludes halogenated alkanes) is 5. The minimum Gasteiger partial charge on any atom is -0.494 e. The molecule has 6 heteroatoms. The van der Waals surface area contributed by atoms with Gasteiger partial charge in [-0.25, -0.2) is 9.59 Å². The minimum absolute atomic E-state index is 0.0423. The van der Waals surface area contributed by atoms with Crippen LogP contribution in [-0.2, 0) is 9.47 Å². The van der Waals surface area contributed by atoms with Gasteiger partial charge in [0.15, 0.2) is 0 Å². The first kappa shape index (κ1) is 61.5. The third-order valence-corrected chi connectivity index (χ3v) is 25.3. The fourth-order valence-corrected chi connectivity index (χ4v) is 20.6. The summed E-state index contributed by atoms with van der Waals surface area (Å²) in [4.78, 5) is 26.9. The van der Waals surface area contributed by atoms with Crippen LogP contribution < -0.4 is 9.47 Å². The van der Waals surface area contributed by atoms with Crippen molar-refractivity contribution in [3.8, 4) is 11.5 Å². The predicted molar refractivity (Wildman–Crippen MR) is 336 cm³/mol. The van der Waals surface area contributed by atoms with E-state index in [4.69, 9.17) is 18.9 Å². The number of ether oxygens (including phenoxy) is 4. The van der Waals surface area contributed by atoms with Gasteiger partial charge < -0.3 is 18.9 Å². The van der Waals surface area contributed by atoms with Gasteiger partial charge in [-0.1, -0.05) is 157 Å². The molecular formula is C76H114O6. The van der Waals surface area contributed by atoms with E-state index in [0.29, 0.717) is 35.2 Å². The summed E-state index contributed by atoms with van der Waals surface area (Å²) in [5.74, 6) is 11.2. The van der Waals surface area contributed by atoms with E-state index < -0.39 is 0 Å². The van der Waals surface area contributed by atoms with Gasteiger partial charge in [0.1, 0.15) is 23.7 Å². The number of benzene rings is 2. The predicted octanol–water partition coefficient (Wildman–Crippen LogP) is 20.6.